The minimum atomic E-state index is -0.544. The standard InChI is InChI=1S/C28H36N8O5/c1-5-6-32-27(39)18-7-16(8-19(29)9-18)21-13-34-26(35-15(2)3)28(40)36(21)14-24(38)33-12-20-22(37)10-17(25(30)31)11-23(20)41-4/h7-11,13,15,37H,5-6,12,14,29H2,1-4H3,(H3,30,31)(H,32,39)(H,33,38)(H,34,35). The van der Waals surface area contributed by atoms with Gasteiger partial charge in [-0.05, 0) is 50.6 Å². The molecule has 0 atom stereocenters. The van der Waals surface area contributed by atoms with E-state index in [9.17, 15) is 19.5 Å². The highest BCUT2D eigenvalue weighted by atomic mass is 16.5. The van der Waals surface area contributed by atoms with Crippen LogP contribution >= 0.6 is 0 Å². The van der Waals surface area contributed by atoms with Crippen LogP contribution in [-0.2, 0) is 17.9 Å². The Balaban J connectivity index is 1.98. The molecule has 0 aliphatic rings. The van der Waals surface area contributed by atoms with E-state index in [1.165, 1.54) is 36.1 Å². The predicted molar refractivity (Wildman–Crippen MR) is 157 cm³/mol. The van der Waals surface area contributed by atoms with Crippen molar-refractivity contribution in [2.45, 2.75) is 46.3 Å². The molecule has 0 fully saturated rings. The molecule has 218 valence electrons. The van der Waals surface area contributed by atoms with E-state index in [-0.39, 0.29) is 58.5 Å². The highest BCUT2D eigenvalue weighted by molar-refractivity contribution is 5.97. The number of benzene rings is 2. The van der Waals surface area contributed by atoms with Crippen molar-refractivity contribution in [2.24, 2.45) is 5.73 Å². The molecular weight excluding hydrogens is 528 g/mol. The van der Waals surface area contributed by atoms with Gasteiger partial charge in [0.2, 0.25) is 5.91 Å². The van der Waals surface area contributed by atoms with Crippen molar-refractivity contribution in [3.63, 3.8) is 0 Å². The van der Waals surface area contributed by atoms with Gasteiger partial charge in [-0.1, -0.05) is 6.92 Å². The van der Waals surface area contributed by atoms with Crippen molar-refractivity contribution in [3.05, 3.63) is 63.6 Å². The molecule has 1 aromatic heterocycles. The maximum atomic E-state index is 13.5. The van der Waals surface area contributed by atoms with Gasteiger partial charge in [0.25, 0.3) is 11.5 Å². The number of anilines is 2. The molecule has 1 heterocycles. The maximum Gasteiger partial charge on any atom is 0.294 e. The third kappa shape index (κ3) is 7.53. The van der Waals surface area contributed by atoms with Crippen LogP contribution in [0.3, 0.4) is 0 Å². The Kier molecular flexibility index (Phi) is 9.90. The molecule has 0 aliphatic heterocycles. The fraction of sp³-hybridized carbons (Fsp3) is 0.321. The summed E-state index contributed by atoms with van der Waals surface area (Å²) in [5.41, 5.74) is 12.9. The molecule has 2 amide bonds. The Morgan fingerprint density at radius 1 is 1.15 bits per heavy atom. The number of phenolic OH excluding ortho intramolecular Hbond substituents is 1. The third-order valence-electron chi connectivity index (χ3n) is 6.01. The van der Waals surface area contributed by atoms with Gasteiger partial charge in [0.05, 0.1) is 31.1 Å². The zero-order chi connectivity index (χ0) is 30.3. The van der Waals surface area contributed by atoms with Gasteiger partial charge in [0.1, 0.15) is 23.9 Å². The van der Waals surface area contributed by atoms with Gasteiger partial charge in [0, 0.05) is 35.0 Å². The summed E-state index contributed by atoms with van der Waals surface area (Å²) in [7, 11) is 1.39. The van der Waals surface area contributed by atoms with Crippen molar-refractivity contribution in [1.29, 1.82) is 5.41 Å². The minimum Gasteiger partial charge on any atom is -0.507 e. The van der Waals surface area contributed by atoms with Crippen LogP contribution < -0.4 is 37.7 Å². The smallest absolute Gasteiger partial charge is 0.294 e. The molecule has 0 bridgehead atoms. The summed E-state index contributed by atoms with van der Waals surface area (Å²) in [6.45, 7) is 5.60. The van der Waals surface area contributed by atoms with Gasteiger partial charge in [-0.25, -0.2) is 4.98 Å². The van der Waals surface area contributed by atoms with E-state index in [0.29, 0.717) is 23.4 Å². The molecule has 0 saturated heterocycles. The number of nitrogen functional groups attached to an aromatic ring is 2. The van der Waals surface area contributed by atoms with Crippen molar-refractivity contribution in [3.8, 4) is 22.8 Å². The average molecular weight is 565 g/mol. The molecule has 3 rings (SSSR count). The summed E-state index contributed by atoms with van der Waals surface area (Å²) in [5.74, 6) is -1.04. The summed E-state index contributed by atoms with van der Waals surface area (Å²) in [6.07, 6.45) is 2.20. The van der Waals surface area contributed by atoms with Crippen molar-refractivity contribution < 1.29 is 19.4 Å². The van der Waals surface area contributed by atoms with Gasteiger partial charge < -0.3 is 37.3 Å². The van der Waals surface area contributed by atoms with E-state index < -0.39 is 18.0 Å². The van der Waals surface area contributed by atoms with E-state index in [0.717, 1.165) is 6.42 Å². The molecular formula is C28H36N8O5. The van der Waals surface area contributed by atoms with Gasteiger partial charge in [0.15, 0.2) is 5.82 Å². The molecule has 3 aromatic rings. The Bertz CT molecular complexity index is 1520. The van der Waals surface area contributed by atoms with Crippen molar-refractivity contribution in [2.75, 3.05) is 24.7 Å². The molecule has 0 unspecified atom stereocenters. The van der Waals surface area contributed by atoms with Crippen LogP contribution in [0.2, 0.25) is 0 Å². The van der Waals surface area contributed by atoms with E-state index in [1.807, 2.05) is 20.8 Å². The van der Waals surface area contributed by atoms with E-state index in [4.69, 9.17) is 21.6 Å². The van der Waals surface area contributed by atoms with Crippen LogP contribution in [-0.4, -0.2) is 52.0 Å². The molecule has 0 radical (unpaired) electrons. The van der Waals surface area contributed by atoms with Crippen LogP contribution in [0.25, 0.3) is 11.3 Å². The lowest BCUT2D eigenvalue weighted by molar-refractivity contribution is -0.121. The first-order valence-corrected chi connectivity index (χ1v) is 13.0. The predicted octanol–water partition coefficient (Wildman–Crippen LogP) is 1.77. The second kappa shape index (κ2) is 13.3. The van der Waals surface area contributed by atoms with Crippen LogP contribution in [0.5, 0.6) is 11.5 Å². The average Bonchev–Trinajstić information content (AvgIpc) is 2.92. The molecule has 13 nitrogen and oxygen atoms in total. The lowest BCUT2D eigenvalue weighted by atomic mass is 10.1. The first-order chi connectivity index (χ1) is 19.4. The summed E-state index contributed by atoms with van der Waals surface area (Å²) < 4.78 is 6.54. The summed E-state index contributed by atoms with van der Waals surface area (Å²) in [4.78, 5) is 43.5. The SMILES string of the molecule is CCCNC(=O)c1cc(N)cc(-c2cnc(NC(C)C)c(=O)n2CC(=O)NCc2c(O)cc(C(=N)N)cc2OC)c1. The number of nitrogens with two attached hydrogens (primary N) is 2. The fourth-order valence-corrected chi connectivity index (χ4v) is 4.05. The Morgan fingerprint density at radius 2 is 1.88 bits per heavy atom. The van der Waals surface area contributed by atoms with Gasteiger partial charge in [-0.2, -0.15) is 0 Å². The van der Waals surface area contributed by atoms with E-state index >= 15 is 0 Å². The number of hydrogen-bond acceptors (Lipinski definition) is 9. The van der Waals surface area contributed by atoms with Gasteiger partial charge in [-0.15, -0.1) is 0 Å². The van der Waals surface area contributed by atoms with Gasteiger partial charge in [-0.3, -0.25) is 24.4 Å². The third-order valence-corrected chi connectivity index (χ3v) is 6.01. The molecule has 0 saturated carbocycles. The highest BCUT2D eigenvalue weighted by Gasteiger charge is 2.19. The number of nitrogens with one attached hydrogen (secondary N) is 4. The number of methoxy groups -OCH3 is 1. The minimum absolute atomic E-state index is 0.0560. The van der Waals surface area contributed by atoms with E-state index in [2.05, 4.69) is 20.9 Å². The normalized spacial score (nSPS) is 10.8. The zero-order valence-corrected chi connectivity index (χ0v) is 23.5. The Labute approximate surface area is 237 Å². The highest BCUT2D eigenvalue weighted by Crippen LogP contribution is 2.29. The first kappa shape index (κ1) is 30.5. The number of carbonyl (C=O) groups is 2. The Morgan fingerprint density at radius 3 is 2.51 bits per heavy atom. The molecule has 0 spiro atoms. The number of amides is 2. The van der Waals surface area contributed by atoms with Gasteiger partial charge >= 0.3 is 0 Å². The zero-order valence-electron chi connectivity index (χ0n) is 23.5. The largest absolute Gasteiger partial charge is 0.507 e. The number of amidine groups is 1. The number of carbonyl (C=O) groups excluding carboxylic acids is 2. The Hall–Kier alpha value is -5.07. The van der Waals surface area contributed by atoms with Crippen LogP contribution in [0.15, 0.2) is 41.3 Å². The molecule has 0 aliphatic carbocycles. The van der Waals surface area contributed by atoms with E-state index in [1.54, 1.807) is 12.1 Å². The second-order valence-corrected chi connectivity index (χ2v) is 9.65. The summed E-state index contributed by atoms with van der Waals surface area (Å²) >= 11 is 0. The van der Waals surface area contributed by atoms with Crippen molar-refractivity contribution >= 4 is 29.2 Å². The number of rotatable bonds is 12. The van der Waals surface area contributed by atoms with Crippen LogP contribution in [0.1, 0.15) is 48.7 Å². The lowest BCUT2D eigenvalue weighted by Crippen LogP contribution is -2.35. The molecule has 13 heteroatoms. The number of phenols is 1. The number of aromatic nitrogens is 2. The monoisotopic (exact) mass is 564 g/mol. The molecule has 2 aromatic carbocycles. The van der Waals surface area contributed by atoms with Crippen LogP contribution in [0, 0.1) is 5.41 Å². The fourth-order valence-electron chi connectivity index (χ4n) is 4.05. The number of hydrogen-bond donors (Lipinski definition) is 7. The number of ether oxygens (including phenoxy) is 1. The number of nitrogens with zero attached hydrogens (tertiary/aromatic N) is 2. The lowest BCUT2D eigenvalue weighted by Gasteiger charge is -2.17. The summed E-state index contributed by atoms with van der Waals surface area (Å²) in [5, 5.41) is 26.5. The first-order valence-electron chi connectivity index (χ1n) is 13.0. The maximum absolute atomic E-state index is 13.5. The van der Waals surface area contributed by atoms with Crippen LogP contribution in [0.4, 0.5) is 11.5 Å². The molecule has 9 N–H and O–H groups in total. The van der Waals surface area contributed by atoms with Crippen molar-refractivity contribution in [1.82, 2.24) is 20.2 Å². The quantitative estimate of drug-likeness (QED) is 0.0969. The molecule has 41 heavy (non-hydrogen) atoms. The number of aromatic hydroxyl groups is 1. The topological polar surface area (TPSA) is 210 Å². The summed E-state index contributed by atoms with van der Waals surface area (Å²) in [6, 6.07) is 7.39. The second-order valence-electron chi connectivity index (χ2n) is 9.65.